The van der Waals surface area contributed by atoms with Crippen molar-refractivity contribution in [1.82, 2.24) is 0 Å². The number of anilines is 1. The molecule has 1 aromatic rings. The number of nitrogen functional groups attached to an aromatic ring is 1. The van der Waals surface area contributed by atoms with Crippen molar-refractivity contribution < 1.29 is 5.11 Å². The van der Waals surface area contributed by atoms with E-state index in [0.29, 0.717) is 5.69 Å². The van der Waals surface area contributed by atoms with E-state index in [4.69, 9.17) is 10.8 Å². The van der Waals surface area contributed by atoms with Gasteiger partial charge in [-0.3, -0.25) is 0 Å². The van der Waals surface area contributed by atoms with Crippen LogP contribution >= 0.6 is 15.9 Å². The molecule has 3 heteroatoms. The van der Waals surface area contributed by atoms with Gasteiger partial charge in [0.1, 0.15) is 0 Å². The molecular weight excluding hydrogens is 206 g/mol. The average Bonchev–Trinajstić information content (AvgIpc) is 2.01. The normalized spacial score (nSPS) is 10.1. The molecule has 60 valence electrons. The van der Waals surface area contributed by atoms with Crippen LogP contribution in [0.3, 0.4) is 0 Å². The Morgan fingerprint density at radius 1 is 1.55 bits per heavy atom. The highest BCUT2D eigenvalue weighted by Gasteiger charge is 2.03. The number of nitrogens with two attached hydrogens (primary N) is 1. The molecule has 0 saturated carbocycles. The lowest BCUT2D eigenvalue weighted by molar-refractivity contribution is 0.282. The molecule has 0 amide bonds. The quantitative estimate of drug-likeness (QED) is 0.703. The Morgan fingerprint density at radius 2 is 2.18 bits per heavy atom. The minimum absolute atomic E-state index is 0.0000463. The van der Waals surface area contributed by atoms with Crippen molar-refractivity contribution in [3.05, 3.63) is 27.7 Å². The van der Waals surface area contributed by atoms with Gasteiger partial charge in [0, 0.05) is 15.7 Å². The monoisotopic (exact) mass is 215 g/mol. The molecule has 1 aromatic carbocycles. The molecule has 0 fully saturated rings. The first kappa shape index (κ1) is 8.56. The summed E-state index contributed by atoms with van der Waals surface area (Å²) in [4.78, 5) is 0. The van der Waals surface area contributed by atoms with E-state index >= 15 is 0 Å². The summed E-state index contributed by atoms with van der Waals surface area (Å²) in [5.41, 5.74) is 8.14. The highest BCUT2D eigenvalue weighted by molar-refractivity contribution is 9.10. The van der Waals surface area contributed by atoms with Crippen molar-refractivity contribution in [2.75, 3.05) is 5.73 Å². The number of rotatable bonds is 1. The van der Waals surface area contributed by atoms with Crippen molar-refractivity contribution in [3.63, 3.8) is 0 Å². The van der Waals surface area contributed by atoms with E-state index in [1.807, 2.05) is 19.1 Å². The summed E-state index contributed by atoms with van der Waals surface area (Å²) in [6.45, 7) is 1.92. The molecule has 0 saturated heterocycles. The van der Waals surface area contributed by atoms with E-state index in [0.717, 1.165) is 15.6 Å². The fraction of sp³-hybridized carbons (Fsp3) is 0.250. The lowest BCUT2D eigenvalue weighted by Gasteiger charge is -2.06. The first-order valence-corrected chi connectivity index (χ1v) is 4.10. The number of hydrogen-bond acceptors (Lipinski definition) is 2. The van der Waals surface area contributed by atoms with E-state index in [-0.39, 0.29) is 6.61 Å². The van der Waals surface area contributed by atoms with Crippen molar-refractivity contribution in [2.45, 2.75) is 13.5 Å². The lowest BCUT2D eigenvalue weighted by atomic mass is 10.1. The Labute approximate surface area is 74.2 Å². The summed E-state index contributed by atoms with van der Waals surface area (Å²) < 4.78 is 0.979. The van der Waals surface area contributed by atoms with Crippen LogP contribution in [0.5, 0.6) is 0 Å². The van der Waals surface area contributed by atoms with Gasteiger partial charge in [-0.2, -0.15) is 0 Å². The zero-order chi connectivity index (χ0) is 8.43. The van der Waals surface area contributed by atoms with Gasteiger partial charge in [-0.25, -0.2) is 0 Å². The summed E-state index contributed by atoms with van der Waals surface area (Å²) in [5, 5.41) is 8.84. The first-order chi connectivity index (χ1) is 5.16. The van der Waals surface area contributed by atoms with Gasteiger partial charge in [0.2, 0.25) is 0 Å². The fourth-order valence-corrected chi connectivity index (χ4v) is 1.24. The zero-order valence-electron chi connectivity index (χ0n) is 6.26. The highest BCUT2D eigenvalue weighted by Crippen LogP contribution is 2.24. The second-order valence-electron chi connectivity index (χ2n) is 2.40. The standard InChI is InChI=1S/C8H10BrNO/c1-5-7(9)3-2-6(4-11)8(5)10/h2-3,11H,4,10H2,1H3. The second-order valence-corrected chi connectivity index (χ2v) is 3.26. The van der Waals surface area contributed by atoms with Gasteiger partial charge in [0.25, 0.3) is 0 Å². The predicted molar refractivity (Wildman–Crippen MR) is 49.2 cm³/mol. The lowest BCUT2D eigenvalue weighted by Crippen LogP contribution is -1.97. The smallest absolute Gasteiger partial charge is 0.0702 e. The fourth-order valence-electron chi connectivity index (χ4n) is 0.896. The van der Waals surface area contributed by atoms with Crippen LogP contribution in [-0.2, 0) is 6.61 Å². The molecule has 0 aliphatic rings. The minimum Gasteiger partial charge on any atom is -0.398 e. The molecule has 0 spiro atoms. The topological polar surface area (TPSA) is 46.2 Å². The third-order valence-electron chi connectivity index (χ3n) is 1.71. The Hall–Kier alpha value is -0.540. The number of aliphatic hydroxyl groups excluding tert-OH is 1. The zero-order valence-corrected chi connectivity index (χ0v) is 7.85. The van der Waals surface area contributed by atoms with Gasteiger partial charge in [-0.15, -0.1) is 0 Å². The largest absolute Gasteiger partial charge is 0.398 e. The van der Waals surface area contributed by atoms with E-state index in [1.165, 1.54) is 0 Å². The van der Waals surface area contributed by atoms with Crippen LogP contribution in [0.25, 0.3) is 0 Å². The van der Waals surface area contributed by atoms with E-state index in [2.05, 4.69) is 15.9 Å². The molecule has 0 atom stereocenters. The van der Waals surface area contributed by atoms with Crippen molar-refractivity contribution >= 4 is 21.6 Å². The maximum absolute atomic E-state index is 8.84. The number of halogens is 1. The van der Waals surface area contributed by atoms with Crippen LogP contribution in [0, 0.1) is 6.92 Å². The summed E-state index contributed by atoms with van der Waals surface area (Å²) in [7, 11) is 0. The third-order valence-corrected chi connectivity index (χ3v) is 2.57. The molecule has 0 heterocycles. The molecule has 0 unspecified atom stereocenters. The Bertz CT molecular complexity index is 273. The summed E-state index contributed by atoms with van der Waals surface area (Å²) in [6, 6.07) is 3.70. The van der Waals surface area contributed by atoms with Gasteiger partial charge in [0.05, 0.1) is 6.61 Å². The number of benzene rings is 1. The Kier molecular flexibility index (Phi) is 2.52. The van der Waals surface area contributed by atoms with Crippen molar-refractivity contribution in [1.29, 1.82) is 0 Å². The van der Waals surface area contributed by atoms with Gasteiger partial charge >= 0.3 is 0 Å². The SMILES string of the molecule is Cc1c(Br)ccc(CO)c1N. The van der Waals surface area contributed by atoms with Gasteiger partial charge < -0.3 is 10.8 Å². The molecular formula is C8H10BrNO. The van der Waals surface area contributed by atoms with Crippen LogP contribution in [0.1, 0.15) is 11.1 Å². The van der Waals surface area contributed by atoms with E-state index in [1.54, 1.807) is 0 Å². The molecule has 0 aliphatic carbocycles. The van der Waals surface area contributed by atoms with Crippen LogP contribution in [0.4, 0.5) is 5.69 Å². The summed E-state index contributed by atoms with van der Waals surface area (Å²) in [6.07, 6.45) is 0. The van der Waals surface area contributed by atoms with Gasteiger partial charge in [0.15, 0.2) is 0 Å². The van der Waals surface area contributed by atoms with Crippen LogP contribution in [0.15, 0.2) is 16.6 Å². The third kappa shape index (κ3) is 1.54. The van der Waals surface area contributed by atoms with Crippen LogP contribution < -0.4 is 5.73 Å². The Balaban J connectivity index is 3.25. The summed E-state index contributed by atoms with van der Waals surface area (Å²) >= 11 is 3.35. The molecule has 0 aliphatic heterocycles. The van der Waals surface area contributed by atoms with Crippen molar-refractivity contribution in [2.24, 2.45) is 0 Å². The molecule has 3 N–H and O–H groups in total. The molecule has 2 nitrogen and oxygen atoms in total. The van der Waals surface area contributed by atoms with E-state index < -0.39 is 0 Å². The number of hydrogen-bond donors (Lipinski definition) is 2. The maximum Gasteiger partial charge on any atom is 0.0702 e. The van der Waals surface area contributed by atoms with Crippen LogP contribution in [0.2, 0.25) is 0 Å². The minimum atomic E-state index is -0.0000463. The Morgan fingerprint density at radius 3 is 2.73 bits per heavy atom. The molecule has 0 aromatic heterocycles. The maximum atomic E-state index is 8.84. The molecule has 0 bridgehead atoms. The van der Waals surface area contributed by atoms with E-state index in [9.17, 15) is 0 Å². The predicted octanol–water partition coefficient (Wildman–Crippen LogP) is 1.83. The van der Waals surface area contributed by atoms with Gasteiger partial charge in [-0.1, -0.05) is 22.0 Å². The van der Waals surface area contributed by atoms with Crippen molar-refractivity contribution in [3.8, 4) is 0 Å². The average molecular weight is 216 g/mol. The summed E-state index contributed by atoms with van der Waals surface area (Å²) in [5.74, 6) is 0. The molecule has 11 heavy (non-hydrogen) atoms. The van der Waals surface area contributed by atoms with Gasteiger partial charge in [-0.05, 0) is 18.6 Å². The molecule has 1 rings (SSSR count). The molecule has 0 radical (unpaired) electrons. The van der Waals surface area contributed by atoms with Crippen LogP contribution in [-0.4, -0.2) is 5.11 Å². The highest BCUT2D eigenvalue weighted by atomic mass is 79.9. The first-order valence-electron chi connectivity index (χ1n) is 3.31. The number of aliphatic hydroxyl groups is 1. The second kappa shape index (κ2) is 3.24.